The Morgan fingerprint density at radius 1 is 1.00 bits per heavy atom. The summed E-state index contributed by atoms with van der Waals surface area (Å²) in [5.74, 6) is -0.734. The number of benzene rings is 3. The molecule has 1 aliphatic heterocycles. The lowest BCUT2D eigenvalue weighted by molar-refractivity contribution is -0.129. The van der Waals surface area contributed by atoms with Gasteiger partial charge in [-0.25, -0.2) is 9.38 Å². The number of guanidine groups is 1. The van der Waals surface area contributed by atoms with Crippen molar-refractivity contribution in [1.29, 1.82) is 0 Å². The van der Waals surface area contributed by atoms with Crippen LogP contribution in [-0.2, 0) is 20.5 Å². The maximum absolute atomic E-state index is 15.1. The molecule has 1 heterocycles. The zero-order valence-corrected chi connectivity index (χ0v) is 19.5. The number of halogens is 1. The van der Waals surface area contributed by atoms with Gasteiger partial charge in [0, 0.05) is 18.7 Å². The van der Waals surface area contributed by atoms with Gasteiger partial charge in [0.2, 0.25) is 0 Å². The molecule has 0 radical (unpaired) electrons. The van der Waals surface area contributed by atoms with E-state index in [4.69, 9.17) is 14.7 Å². The lowest BCUT2D eigenvalue weighted by Crippen LogP contribution is -2.41. The summed E-state index contributed by atoms with van der Waals surface area (Å²) < 4.78 is 48.6. The van der Waals surface area contributed by atoms with E-state index in [1.807, 2.05) is 6.07 Å². The zero-order valence-electron chi connectivity index (χ0n) is 18.7. The fraction of sp³-hybridized carbons (Fsp3) is 0.167. The van der Waals surface area contributed by atoms with E-state index in [1.54, 1.807) is 24.3 Å². The van der Waals surface area contributed by atoms with Crippen molar-refractivity contribution in [3.05, 3.63) is 83.7 Å². The van der Waals surface area contributed by atoms with Gasteiger partial charge in [-0.3, -0.25) is 9.69 Å². The van der Waals surface area contributed by atoms with Crippen molar-refractivity contribution in [2.75, 3.05) is 20.4 Å². The van der Waals surface area contributed by atoms with Crippen molar-refractivity contribution in [2.45, 2.75) is 5.54 Å². The van der Waals surface area contributed by atoms with Crippen LogP contribution in [0.2, 0.25) is 0 Å². The Morgan fingerprint density at radius 3 is 2.26 bits per heavy atom. The molecule has 0 saturated carbocycles. The van der Waals surface area contributed by atoms with Crippen LogP contribution in [0.4, 0.5) is 4.39 Å². The minimum Gasteiger partial charge on any atom is -0.497 e. The van der Waals surface area contributed by atoms with Crippen LogP contribution in [0.15, 0.2) is 71.7 Å². The molecule has 3 aromatic carbocycles. The van der Waals surface area contributed by atoms with Crippen LogP contribution < -0.4 is 14.7 Å². The predicted molar refractivity (Wildman–Crippen MR) is 125 cm³/mol. The maximum Gasteiger partial charge on any atom is 0.306 e. The lowest BCUT2D eigenvalue weighted by Gasteiger charge is -2.26. The molecular formula is C24H22FN3O5S. The van der Waals surface area contributed by atoms with E-state index >= 15 is 4.39 Å². The van der Waals surface area contributed by atoms with Gasteiger partial charge in [-0.2, -0.15) is 8.42 Å². The summed E-state index contributed by atoms with van der Waals surface area (Å²) in [6, 6.07) is 17.3. The van der Waals surface area contributed by atoms with Crippen LogP contribution in [0.3, 0.4) is 0 Å². The largest absolute Gasteiger partial charge is 0.497 e. The third-order valence-electron chi connectivity index (χ3n) is 5.49. The minimum atomic E-state index is -3.83. The molecule has 176 valence electrons. The highest BCUT2D eigenvalue weighted by Gasteiger charge is 2.49. The first-order chi connectivity index (χ1) is 16.0. The molecule has 1 aliphatic rings. The second-order valence-electron chi connectivity index (χ2n) is 7.79. The second kappa shape index (κ2) is 8.45. The van der Waals surface area contributed by atoms with Gasteiger partial charge in [-0.05, 0) is 41.0 Å². The topological polar surface area (TPSA) is 111 Å². The molecule has 8 nitrogen and oxygen atoms in total. The Bertz CT molecular complexity index is 1410. The number of hydrogen-bond donors (Lipinski definition) is 1. The van der Waals surface area contributed by atoms with Crippen molar-refractivity contribution in [2.24, 2.45) is 10.7 Å². The standard InChI is InChI=1S/C24H22FN3O5S/c1-28-22(29)24(27-23(28)26,16-7-5-4-6-8-16)17-9-10-21(25)20(13-17)15-11-18(32-2)14-19(12-15)33-34(3,30)31/h4-14H,1-3H3,(H2,26,27). The third kappa shape index (κ3) is 4.08. The molecule has 1 atom stereocenters. The summed E-state index contributed by atoms with van der Waals surface area (Å²) in [6.07, 6.45) is 0.904. The number of likely N-dealkylation sites (N-methyl/N-ethyl adjacent to an activating group) is 1. The van der Waals surface area contributed by atoms with Gasteiger partial charge in [0.25, 0.3) is 5.91 Å². The second-order valence-corrected chi connectivity index (χ2v) is 9.36. The average molecular weight is 484 g/mol. The molecule has 0 bridgehead atoms. The molecule has 10 heteroatoms. The molecule has 3 aromatic rings. The van der Waals surface area contributed by atoms with Gasteiger partial charge in [0.05, 0.1) is 13.4 Å². The molecule has 0 spiro atoms. The van der Waals surface area contributed by atoms with Crippen LogP contribution in [0.25, 0.3) is 11.1 Å². The van der Waals surface area contributed by atoms with Crippen molar-refractivity contribution in [3.63, 3.8) is 0 Å². The van der Waals surface area contributed by atoms with E-state index in [0.29, 0.717) is 11.1 Å². The highest BCUT2D eigenvalue weighted by molar-refractivity contribution is 7.86. The number of carbonyl (C=O) groups excluding carboxylic acids is 1. The number of methoxy groups -OCH3 is 1. The van der Waals surface area contributed by atoms with Gasteiger partial charge >= 0.3 is 10.1 Å². The Balaban J connectivity index is 1.94. The number of rotatable bonds is 6. The van der Waals surface area contributed by atoms with Gasteiger partial charge in [-0.15, -0.1) is 0 Å². The predicted octanol–water partition coefficient (Wildman–Crippen LogP) is 2.87. The normalized spacial score (nSPS) is 18.1. The van der Waals surface area contributed by atoms with E-state index in [1.165, 1.54) is 55.5 Å². The fourth-order valence-corrected chi connectivity index (χ4v) is 4.35. The molecule has 0 aliphatic carbocycles. The molecule has 0 saturated heterocycles. The first kappa shape index (κ1) is 23.2. The number of nitrogens with zero attached hydrogens (tertiary/aromatic N) is 2. The van der Waals surface area contributed by atoms with Crippen molar-refractivity contribution in [3.8, 4) is 22.6 Å². The van der Waals surface area contributed by atoms with Crippen LogP contribution in [0.5, 0.6) is 11.5 Å². The number of hydrogen-bond acceptors (Lipinski definition) is 7. The smallest absolute Gasteiger partial charge is 0.306 e. The Morgan fingerprint density at radius 2 is 1.68 bits per heavy atom. The summed E-state index contributed by atoms with van der Waals surface area (Å²) in [5, 5.41) is 0. The summed E-state index contributed by atoms with van der Waals surface area (Å²) >= 11 is 0. The van der Waals surface area contributed by atoms with Crippen LogP contribution in [-0.4, -0.2) is 45.6 Å². The van der Waals surface area contributed by atoms with E-state index in [9.17, 15) is 13.2 Å². The number of ether oxygens (including phenoxy) is 1. The van der Waals surface area contributed by atoms with Crippen LogP contribution in [0.1, 0.15) is 11.1 Å². The third-order valence-corrected chi connectivity index (χ3v) is 5.99. The van der Waals surface area contributed by atoms with E-state index in [2.05, 4.69) is 4.99 Å². The number of nitrogens with two attached hydrogens (primary N) is 1. The minimum absolute atomic E-state index is 0.0324. The first-order valence-electron chi connectivity index (χ1n) is 10.1. The SMILES string of the molecule is COc1cc(OS(C)(=O)=O)cc(-c2cc(C3(c4ccccc4)N=C(N)N(C)C3=O)ccc2F)c1. The van der Waals surface area contributed by atoms with Crippen LogP contribution >= 0.6 is 0 Å². The molecule has 2 N–H and O–H groups in total. The first-order valence-corrected chi connectivity index (χ1v) is 11.9. The van der Waals surface area contributed by atoms with Crippen molar-refractivity contribution < 1.29 is 26.5 Å². The molecule has 1 amide bonds. The van der Waals surface area contributed by atoms with Crippen molar-refractivity contribution in [1.82, 2.24) is 4.90 Å². The van der Waals surface area contributed by atoms with E-state index in [-0.39, 0.29) is 34.5 Å². The summed E-state index contributed by atoms with van der Waals surface area (Å²) in [4.78, 5) is 19.2. The van der Waals surface area contributed by atoms with Crippen LogP contribution in [0, 0.1) is 5.82 Å². The summed E-state index contributed by atoms with van der Waals surface area (Å²) in [6.45, 7) is 0. The zero-order chi connectivity index (χ0) is 24.7. The van der Waals surface area contributed by atoms with Gasteiger partial charge < -0.3 is 14.7 Å². The molecule has 0 fully saturated rings. The molecule has 4 rings (SSSR count). The highest BCUT2D eigenvalue weighted by Crippen LogP contribution is 2.41. The van der Waals surface area contributed by atoms with Gasteiger partial charge in [0.1, 0.15) is 17.3 Å². The Labute approximate surface area is 196 Å². The molecule has 1 unspecified atom stereocenters. The quantitative estimate of drug-likeness (QED) is 0.540. The van der Waals surface area contributed by atoms with E-state index in [0.717, 1.165) is 6.26 Å². The fourth-order valence-electron chi connectivity index (χ4n) is 3.90. The number of aliphatic imine (C=N–C) groups is 1. The number of carbonyl (C=O) groups is 1. The lowest BCUT2D eigenvalue weighted by atomic mass is 9.81. The molecular weight excluding hydrogens is 461 g/mol. The average Bonchev–Trinajstić information content (AvgIpc) is 3.03. The molecule has 0 aromatic heterocycles. The van der Waals surface area contributed by atoms with Gasteiger partial charge in [0.15, 0.2) is 11.5 Å². The molecule has 34 heavy (non-hydrogen) atoms. The number of amides is 1. The summed E-state index contributed by atoms with van der Waals surface area (Å²) in [7, 11) is -0.914. The van der Waals surface area contributed by atoms with Crippen molar-refractivity contribution >= 4 is 22.0 Å². The Kier molecular flexibility index (Phi) is 5.78. The van der Waals surface area contributed by atoms with E-state index < -0.39 is 21.5 Å². The summed E-state index contributed by atoms with van der Waals surface area (Å²) in [5.41, 5.74) is 5.84. The maximum atomic E-state index is 15.1. The highest BCUT2D eigenvalue weighted by atomic mass is 32.2. The van der Waals surface area contributed by atoms with Gasteiger partial charge in [-0.1, -0.05) is 36.4 Å². The monoisotopic (exact) mass is 483 g/mol. The Hall–Kier alpha value is -3.92.